The fraction of sp³-hybridized carbons (Fsp3) is 0.357. The summed E-state index contributed by atoms with van der Waals surface area (Å²) in [4.78, 5) is 31.3. The van der Waals surface area contributed by atoms with Gasteiger partial charge < -0.3 is 14.9 Å². The average molecular weight is 340 g/mol. The molecule has 22 heavy (non-hydrogen) atoms. The van der Waals surface area contributed by atoms with E-state index in [1.54, 1.807) is 23.2 Å². The SMILES string of the molecule is CN(C(=O)O)[C@@H]1CCN(C(=O)c2cc3nccc(Cl)c3s2)C1. The van der Waals surface area contributed by atoms with Gasteiger partial charge in [0.1, 0.15) is 0 Å². The molecule has 3 heterocycles. The molecule has 8 heteroatoms. The van der Waals surface area contributed by atoms with Crippen LogP contribution in [0.2, 0.25) is 5.02 Å². The number of pyridine rings is 1. The lowest BCUT2D eigenvalue weighted by Crippen LogP contribution is -2.39. The molecule has 2 amide bonds. The van der Waals surface area contributed by atoms with Crippen molar-refractivity contribution >= 4 is 45.2 Å². The highest BCUT2D eigenvalue weighted by molar-refractivity contribution is 7.21. The third-order valence-corrected chi connectivity index (χ3v) is 5.45. The number of likely N-dealkylation sites (N-methyl/N-ethyl adjacent to an activating group) is 1. The lowest BCUT2D eigenvalue weighted by Gasteiger charge is -2.21. The van der Waals surface area contributed by atoms with Crippen LogP contribution < -0.4 is 0 Å². The van der Waals surface area contributed by atoms with Gasteiger partial charge in [-0.3, -0.25) is 9.78 Å². The maximum atomic E-state index is 12.6. The molecule has 0 unspecified atom stereocenters. The lowest BCUT2D eigenvalue weighted by molar-refractivity contribution is 0.0781. The predicted octanol–water partition coefficient (Wildman–Crippen LogP) is 2.77. The van der Waals surface area contributed by atoms with E-state index in [9.17, 15) is 9.59 Å². The number of nitrogens with zero attached hydrogens (tertiary/aromatic N) is 3. The van der Waals surface area contributed by atoms with Gasteiger partial charge in [-0.1, -0.05) is 11.6 Å². The zero-order chi connectivity index (χ0) is 15.9. The first-order chi connectivity index (χ1) is 10.5. The van der Waals surface area contributed by atoms with Gasteiger partial charge in [0.25, 0.3) is 5.91 Å². The number of rotatable bonds is 2. The molecule has 0 radical (unpaired) electrons. The minimum Gasteiger partial charge on any atom is -0.465 e. The Morgan fingerprint density at radius 1 is 1.55 bits per heavy atom. The minimum atomic E-state index is -0.975. The maximum absolute atomic E-state index is 12.6. The zero-order valence-electron chi connectivity index (χ0n) is 11.8. The number of carboxylic acid groups (broad SMARTS) is 1. The summed E-state index contributed by atoms with van der Waals surface area (Å²) in [5.74, 6) is -0.0969. The molecule has 0 bridgehead atoms. The van der Waals surface area contributed by atoms with Crippen LogP contribution in [0.1, 0.15) is 16.1 Å². The normalized spacial score (nSPS) is 17.9. The molecule has 1 aliphatic heterocycles. The Hall–Kier alpha value is -1.86. The van der Waals surface area contributed by atoms with Crippen LogP contribution in [-0.2, 0) is 0 Å². The largest absolute Gasteiger partial charge is 0.465 e. The van der Waals surface area contributed by atoms with Crippen molar-refractivity contribution in [3.05, 3.63) is 28.2 Å². The smallest absolute Gasteiger partial charge is 0.407 e. The molecule has 0 aliphatic carbocycles. The summed E-state index contributed by atoms with van der Waals surface area (Å²) in [6, 6.07) is 3.28. The second kappa shape index (κ2) is 5.73. The topological polar surface area (TPSA) is 73.7 Å². The molecule has 0 aromatic carbocycles. The molecule has 0 spiro atoms. The Morgan fingerprint density at radius 2 is 2.32 bits per heavy atom. The summed E-state index contributed by atoms with van der Waals surface area (Å²) in [5.41, 5.74) is 0.708. The summed E-state index contributed by atoms with van der Waals surface area (Å²) in [5, 5.41) is 9.59. The number of likely N-dealkylation sites (tertiary alicyclic amines) is 1. The number of halogens is 1. The van der Waals surface area contributed by atoms with Crippen LogP contribution in [0.15, 0.2) is 18.3 Å². The molecular formula is C14H14ClN3O3S. The number of hydrogen-bond donors (Lipinski definition) is 1. The summed E-state index contributed by atoms with van der Waals surface area (Å²) in [6.07, 6.45) is 1.29. The fourth-order valence-corrected chi connectivity index (χ4v) is 3.82. The van der Waals surface area contributed by atoms with E-state index in [4.69, 9.17) is 16.7 Å². The van der Waals surface area contributed by atoms with Crippen molar-refractivity contribution in [2.45, 2.75) is 12.5 Å². The summed E-state index contributed by atoms with van der Waals surface area (Å²) in [7, 11) is 1.53. The van der Waals surface area contributed by atoms with Crippen molar-refractivity contribution in [2.24, 2.45) is 0 Å². The van der Waals surface area contributed by atoms with Crippen LogP contribution in [0.3, 0.4) is 0 Å². The first-order valence-electron chi connectivity index (χ1n) is 6.76. The molecular weight excluding hydrogens is 326 g/mol. The molecule has 6 nitrogen and oxygen atoms in total. The summed E-state index contributed by atoms with van der Waals surface area (Å²) >= 11 is 7.43. The number of amides is 2. The maximum Gasteiger partial charge on any atom is 0.407 e. The Labute approximate surface area is 135 Å². The quantitative estimate of drug-likeness (QED) is 0.913. The Bertz CT molecular complexity index is 748. The Morgan fingerprint density at radius 3 is 3.00 bits per heavy atom. The van der Waals surface area contributed by atoms with Gasteiger partial charge in [0.05, 0.1) is 26.2 Å². The monoisotopic (exact) mass is 339 g/mol. The third kappa shape index (κ3) is 2.62. The molecule has 1 fully saturated rings. The van der Waals surface area contributed by atoms with Gasteiger partial charge in [-0.25, -0.2) is 4.79 Å². The van der Waals surface area contributed by atoms with Gasteiger partial charge >= 0.3 is 6.09 Å². The minimum absolute atomic E-state index is 0.0969. The number of carbonyl (C=O) groups excluding carboxylic acids is 1. The van der Waals surface area contributed by atoms with Crippen LogP contribution in [0.5, 0.6) is 0 Å². The van der Waals surface area contributed by atoms with E-state index < -0.39 is 6.09 Å². The number of hydrogen-bond acceptors (Lipinski definition) is 4. The van der Waals surface area contributed by atoms with Crippen LogP contribution in [0.4, 0.5) is 4.79 Å². The molecule has 1 atom stereocenters. The molecule has 116 valence electrons. The standard InChI is InChI=1S/C14H14ClN3O3S/c1-17(14(20)21)8-3-5-18(7-8)13(19)11-6-10-12(22-11)9(15)2-4-16-10/h2,4,6,8H,3,5,7H2,1H3,(H,20,21)/t8-/m1/s1. The first kappa shape index (κ1) is 15.1. The van der Waals surface area contributed by atoms with Crippen LogP contribution in [0.25, 0.3) is 10.2 Å². The van der Waals surface area contributed by atoms with Crippen LogP contribution >= 0.6 is 22.9 Å². The third-order valence-electron chi connectivity index (χ3n) is 3.87. The molecule has 0 saturated carbocycles. The molecule has 1 aliphatic rings. The Kier molecular flexibility index (Phi) is 3.92. The van der Waals surface area contributed by atoms with E-state index in [-0.39, 0.29) is 11.9 Å². The van der Waals surface area contributed by atoms with Gasteiger partial charge in [0, 0.05) is 26.3 Å². The van der Waals surface area contributed by atoms with E-state index in [0.717, 1.165) is 4.70 Å². The van der Waals surface area contributed by atoms with E-state index in [1.807, 2.05) is 0 Å². The second-order valence-electron chi connectivity index (χ2n) is 5.20. The molecule has 2 aromatic heterocycles. The van der Waals surface area contributed by atoms with Gasteiger partial charge in [-0.15, -0.1) is 11.3 Å². The van der Waals surface area contributed by atoms with Gasteiger partial charge in [0.2, 0.25) is 0 Å². The van der Waals surface area contributed by atoms with Gasteiger partial charge in [0.15, 0.2) is 0 Å². The van der Waals surface area contributed by atoms with Crippen molar-refractivity contribution in [3.8, 4) is 0 Å². The number of fused-ring (bicyclic) bond motifs is 1. The zero-order valence-corrected chi connectivity index (χ0v) is 13.4. The lowest BCUT2D eigenvalue weighted by atomic mass is 10.2. The van der Waals surface area contributed by atoms with Gasteiger partial charge in [-0.05, 0) is 18.6 Å². The Balaban J connectivity index is 1.79. The fourth-order valence-electron chi connectivity index (χ4n) is 2.57. The predicted molar refractivity (Wildman–Crippen MR) is 84.7 cm³/mol. The van der Waals surface area contributed by atoms with Crippen molar-refractivity contribution in [1.82, 2.24) is 14.8 Å². The van der Waals surface area contributed by atoms with Crippen molar-refractivity contribution in [1.29, 1.82) is 0 Å². The molecule has 1 N–H and O–H groups in total. The molecule has 1 saturated heterocycles. The van der Waals surface area contributed by atoms with Crippen LogP contribution in [-0.4, -0.2) is 58.1 Å². The number of aromatic nitrogens is 1. The van der Waals surface area contributed by atoms with Crippen LogP contribution in [0, 0.1) is 0 Å². The highest BCUT2D eigenvalue weighted by Gasteiger charge is 2.32. The highest BCUT2D eigenvalue weighted by atomic mass is 35.5. The van der Waals surface area contributed by atoms with Crippen molar-refractivity contribution in [2.75, 3.05) is 20.1 Å². The molecule has 2 aromatic rings. The number of carbonyl (C=O) groups is 2. The highest BCUT2D eigenvalue weighted by Crippen LogP contribution is 2.31. The average Bonchev–Trinajstić information content (AvgIpc) is 3.13. The van der Waals surface area contributed by atoms with Crippen molar-refractivity contribution < 1.29 is 14.7 Å². The van der Waals surface area contributed by atoms with Crippen molar-refractivity contribution in [3.63, 3.8) is 0 Å². The molecule has 3 rings (SSSR count). The van der Waals surface area contributed by atoms with E-state index in [0.29, 0.717) is 34.9 Å². The van der Waals surface area contributed by atoms with E-state index >= 15 is 0 Å². The summed E-state index contributed by atoms with van der Waals surface area (Å²) in [6.45, 7) is 0.966. The van der Waals surface area contributed by atoms with E-state index in [2.05, 4.69) is 4.98 Å². The number of thiophene rings is 1. The second-order valence-corrected chi connectivity index (χ2v) is 6.66. The summed E-state index contributed by atoms with van der Waals surface area (Å²) < 4.78 is 0.797. The van der Waals surface area contributed by atoms with Gasteiger partial charge in [-0.2, -0.15) is 0 Å². The van der Waals surface area contributed by atoms with E-state index in [1.165, 1.54) is 23.3 Å². The first-order valence-corrected chi connectivity index (χ1v) is 7.96.